The van der Waals surface area contributed by atoms with Crippen LogP contribution in [0.25, 0.3) is 0 Å². The molecule has 0 saturated heterocycles. The number of hydrogen-bond donors (Lipinski definition) is 1. The van der Waals surface area contributed by atoms with Crippen LogP contribution in [-0.4, -0.2) is 31.0 Å². The van der Waals surface area contributed by atoms with Gasteiger partial charge in [-0.2, -0.15) is 18.6 Å². The first-order valence-corrected chi connectivity index (χ1v) is 10.7. The van der Waals surface area contributed by atoms with Crippen LogP contribution >= 0.6 is 0 Å². The van der Waals surface area contributed by atoms with E-state index in [1.165, 1.54) is 18.3 Å². The molecule has 8 heteroatoms. The topological polar surface area (TPSA) is 85.6 Å². The molecule has 0 spiro atoms. The molecular formula is C21H24N4O3S. The number of ether oxygens (including phenoxy) is 1. The normalized spacial score (nSPS) is 11.7. The molecule has 0 bridgehead atoms. The number of hydrogen-bond acceptors (Lipinski definition) is 5. The van der Waals surface area contributed by atoms with Crippen molar-refractivity contribution in [1.82, 2.24) is 14.6 Å². The number of aromatic nitrogens is 2. The van der Waals surface area contributed by atoms with Crippen molar-refractivity contribution in [3.8, 4) is 5.75 Å². The first-order valence-electron chi connectivity index (χ1n) is 9.26. The number of nitrogens with one attached hydrogen (secondary N) is 1. The molecule has 3 rings (SSSR count). The molecule has 0 saturated carbocycles. The van der Waals surface area contributed by atoms with Gasteiger partial charge in [0.05, 0.1) is 30.0 Å². The predicted molar refractivity (Wildman–Crippen MR) is 113 cm³/mol. The van der Waals surface area contributed by atoms with Crippen LogP contribution in [0, 0.1) is 13.8 Å². The summed E-state index contributed by atoms with van der Waals surface area (Å²) in [6.45, 7) is 6.83. The van der Waals surface area contributed by atoms with Gasteiger partial charge in [-0.1, -0.05) is 30.3 Å². The zero-order valence-electron chi connectivity index (χ0n) is 16.7. The van der Waals surface area contributed by atoms with Crippen molar-refractivity contribution in [1.29, 1.82) is 0 Å². The average molecular weight is 413 g/mol. The number of rotatable bonds is 8. The van der Waals surface area contributed by atoms with Gasteiger partial charge in [0, 0.05) is 11.3 Å². The molecule has 2 aromatic carbocycles. The van der Waals surface area contributed by atoms with Crippen molar-refractivity contribution in [2.24, 2.45) is 5.10 Å². The highest BCUT2D eigenvalue weighted by atomic mass is 32.2. The van der Waals surface area contributed by atoms with Gasteiger partial charge < -0.3 is 4.74 Å². The van der Waals surface area contributed by atoms with E-state index in [1.54, 1.807) is 12.1 Å². The maximum Gasteiger partial charge on any atom is 0.276 e. The average Bonchev–Trinajstić information content (AvgIpc) is 2.97. The monoisotopic (exact) mass is 412 g/mol. The van der Waals surface area contributed by atoms with Gasteiger partial charge in [0.25, 0.3) is 10.0 Å². The van der Waals surface area contributed by atoms with Gasteiger partial charge in [0.1, 0.15) is 5.75 Å². The highest BCUT2D eigenvalue weighted by Crippen LogP contribution is 2.16. The zero-order chi connectivity index (χ0) is 20.9. The molecule has 0 atom stereocenters. The Bertz CT molecular complexity index is 1090. The molecular weight excluding hydrogens is 388 g/mol. The Morgan fingerprint density at radius 1 is 1.10 bits per heavy atom. The van der Waals surface area contributed by atoms with Crippen LogP contribution in [0.3, 0.4) is 0 Å². The van der Waals surface area contributed by atoms with E-state index in [1.807, 2.05) is 55.8 Å². The molecule has 1 N–H and O–H groups in total. The fraction of sp³-hybridized carbons (Fsp3) is 0.238. The maximum atomic E-state index is 12.4. The molecule has 0 fully saturated rings. The van der Waals surface area contributed by atoms with Crippen molar-refractivity contribution >= 4 is 16.2 Å². The summed E-state index contributed by atoms with van der Waals surface area (Å²) < 4.78 is 32.1. The second-order valence-corrected chi connectivity index (χ2v) is 8.15. The molecule has 0 amide bonds. The van der Waals surface area contributed by atoms with Crippen molar-refractivity contribution in [3.05, 3.63) is 77.1 Å². The van der Waals surface area contributed by atoms with E-state index in [2.05, 4.69) is 15.0 Å². The first kappa shape index (κ1) is 20.6. The van der Waals surface area contributed by atoms with Gasteiger partial charge >= 0.3 is 0 Å². The molecule has 1 heterocycles. The van der Waals surface area contributed by atoms with E-state index in [-0.39, 0.29) is 4.90 Å². The smallest absolute Gasteiger partial charge is 0.276 e. The van der Waals surface area contributed by atoms with Crippen molar-refractivity contribution in [2.45, 2.75) is 32.2 Å². The largest absolute Gasteiger partial charge is 0.494 e. The van der Waals surface area contributed by atoms with Crippen LogP contribution in [0.2, 0.25) is 0 Å². The highest BCUT2D eigenvalue weighted by molar-refractivity contribution is 7.89. The zero-order valence-corrected chi connectivity index (χ0v) is 17.5. The molecule has 7 nitrogen and oxygen atoms in total. The Morgan fingerprint density at radius 3 is 2.45 bits per heavy atom. The van der Waals surface area contributed by atoms with Crippen LogP contribution in [0.15, 0.2) is 64.6 Å². The van der Waals surface area contributed by atoms with E-state index >= 15 is 0 Å². The fourth-order valence-electron chi connectivity index (χ4n) is 2.90. The lowest BCUT2D eigenvalue weighted by Crippen LogP contribution is -2.18. The fourth-order valence-corrected chi connectivity index (χ4v) is 3.69. The van der Waals surface area contributed by atoms with Crippen LogP contribution in [-0.2, 0) is 16.6 Å². The third-order valence-electron chi connectivity index (χ3n) is 4.42. The number of nitrogens with zero attached hydrogens (tertiary/aromatic N) is 3. The van der Waals surface area contributed by atoms with Gasteiger partial charge in [-0.05, 0) is 50.6 Å². The molecule has 1 aromatic heterocycles. The van der Waals surface area contributed by atoms with E-state index < -0.39 is 10.0 Å². The van der Waals surface area contributed by atoms with Crippen LogP contribution in [0.4, 0.5) is 0 Å². The summed E-state index contributed by atoms with van der Waals surface area (Å²) in [5, 5.41) is 8.48. The van der Waals surface area contributed by atoms with E-state index in [9.17, 15) is 8.42 Å². The Morgan fingerprint density at radius 2 is 1.79 bits per heavy atom. The minimum atomic E-state index is -3.76. The lowest BCUT2D eigenvalue weighted by atomic mass is 10.2. The highest BCUT2D eigenvalue weighted by Gasteiger charge is 2.14. The number of benzene rings is 2. The van der Waals surface area contributed by atoms with Crippen molar-refractivity contribution < 1.29 is 13.2 Å². The Labute approximate surface area is 171 Å². The first-order chi connectivity index (χ1) is 13.9. The molecule has 0 aliphatic rings. The Hall–Kier alpha value is -3.13. The number of hydrazone groups is 1. The van der Waals surface area contributed by atoms with E-state index in [4.69, 9.17) is 4.74 Å². The van der Waals surface area contributed by atoms with Crippen molar-refractivity contribution in [2.75, 3.05) is 6.61 Å². The molecule has 0 unspecified atom stereocenters. The SMILES string of the molecule is CCOc1ccc(S(=O)(=O)N/N=C\c2c(C)nn(Cc3ccccc3)c2C)cc1. The molecule has 0 radical (unpaired) electrons. The summed E-state index contributed by atoms with van der Waals surface area (Å²) >= 11 is 0. The van der Waals surface area contributed by atoms with Crippen molar-refractivity contribution in [3.63, 3.8) is 0 Å². The summed E-state index contributed by atoms with van der Waals surface area (Å²) in [5.41, 5.74) is 3.62. The minimum absolute atomic E-state index is 0.117. The lowest BCUT2D eigenvalue weighted by Gasteiger charge is -2.06. The van der Waals surface area contributed by atoms with Crippen LogP contribution in [0.5, 0.6) is 5.75 Å². The molecule has 29 heavy (non-hydrogen) atoms. The van der Waals surface area contributed by atoms with E-state index in [0.717, 1.165) is 22.5 Å². The minimum Gasteiger partial charge on any atom is -0.494 e. The summed E-state index contributed by atoms with van der Waals surface area (Å²) in [7, 11) is -3.76. The third kappa shape index (κ3) is 5.03. The molecule has 0 aliphatic carbocycles. The summed E-state index contributed by atoms with van der Waals surface area (Å²) in [6, 6.07) is 16.2. The number of sulfonamides is 1. The summed E-state index contributed by atoms with van der Waals surface area (Å²) in [6.07, 6.45) is 1.49. The van der Waals surface area contributed by atoms with Crippen LogP contribution in [0.1, 0.15) is 29.4 Å². The summed E-state index contributed by atoms with van der Waals surface area (Å²) in [4.78, 5) is 2.37. The van der Waals surface area contributed by atoms with Crippen LogP contribution < -0.4 is 9.57 Å². The summed E-state index contributed by atoms with van der Waals surface area (Å²) in [5.74, 6) is 0.618. The lowest BCUT2D eigenvalue weighted by molar-refractivity contribution is 0.340. The molecule has 0 aliphatic heterocycles. The van der Waals surface area contributed by atoms with E-state index in [0.29, 0.717) is 18.9 Å². The second-order valence-electron chi connectivity index (χ2n) is 6.49. The van der Waals surface area contributed by atoms with Gasteiger partial charge in [-0.15, -0.1) is 0 Å². The third-order valence-corrected chi connectivity index (χ3v) is 5.66. The second kappa shape index (κ2) is 8.91. The Balaban J connectivity index is 1.72. The maximum absolute atomic E-state index is 12.4. The van der Waals surface area contributed by atoms with Gasteiger partial charge in [0.15, 0.2) is 0 Å². The Kier molecular flexibility index (Phi) is 6.33. The molecule has 152 valence electrons. The predicted octanol–water partition coefficient (Wildman–Crippen LogP) is 3.26. The van der Waals surface area contributed by atoms with Gasteiger partial charge in [-0.25, -0.2) is 4.83 Å². The van der Waals surface area contributed by atoms with Gasteiger partial charge in [-0.3, -0.25) is 4.68 Å². The number of aryl methyl sites for hydroxylation is 1. The quantitative estimate of drug-likeness (QED) is 0.455. The van der Waals surface area contributed by atoms with Gasteiger partial charge in [0.2, 0.25) is 0 Å². The standard InChI is InChI=1S/C21H24N4O3S/c1-4-28-19-10-12-20(13-11-19)29(26,27)24-22-14-21-16(2)23-25(17(21)3)15-18-8-6-5-7-9-18/h5-14,24H,4,15H2,1-3H3/b22-14-. The molecule has 3 aromatic rings.